The third-order valence-corrected chi connectivity index (χ3v) is 11.1. The molecule has 158 valence electrons. The van der Waals surface area contributed by atoms with Gasteiger partial charge in [0.15, 0.2) is 0 Å². The Labute approximate surface area is 178 Å². The second kappa shape index (κ2) is 10.9. The van der Waals surface area contributed by atoms with Gasteiger partial charge in [0.25, 0.3) is 8.32 Å². The van der Waals surface area contributed by atoms with Crippen molar-refractivity contribution >= 4 is 25.0 Å². The van der Waals surface area contributed by atoms with Gasteiger partial charge in [-0.2, -0.15) is 0 Å². The van der Waals surface area contributed by atoms with Crippen molar-refractivity contribution in [3.05, 3.63) is 60.7 Å². The van der Waals surface area contributed by atoms with Gasteiger partial charge in [-0.1, -0.05) is 108 Å². The van der Waals surface area contributed by atoms with E-state index in [2.05, 4.69) is 95.3 Å². The number of hydrogen-bond acceptors (Lipinski definition) is 2. The monoisotopic (exact) mass is 410 g/mol. The zero-order chi connectivity index (χ0) is 21.3. The molecule has 0 bridgehead atoms. The average molecular weight is 411 g/mol. The predicted octanol–water partition coefficient (Wildman–Crippen LogP) is 5.59. The lowest BCUT2D eigenvalue weighted by Gasteiger charge is -2.44. The van der Waals surface area contributed by atoms with Crippen LogP contribution in [0.2, 0.25) is 5.04 Å². The number of hydrogen-bond donors (Lipinski definition) is 0. The van der Waals surface area contributed by atoms with Gasteiger partial charge < -0.3 is 9.22 Å². The normalized spacial score (nSPS) is 14.4. The van der Waals surface area contributed by atoms with Gasteiger partial charge in [-0.3, -0.25) is 0 Å². The van der Waals surface area contributed by atoms with E-state index >= 15 is 0 Å². The molecule has 2 nitrogen and oxygen atoms in total. The van der Waals surface area contributed by atoms with E-state index in [0.717, 1.165) is 19.1 Å². The standard InChI is InChI=1S/C26H38O2Si/c1-6-7-14-23(19-20-27)22(2)21-28-29(26(3,4)5,24-15-10-8-11-16-24)25-17-12-9-13-18-25/h8-13,15-18,20,22-23H,6-7,14,19,21H2,1-5H3/t22-,23+/m0/s1. The van der Waals surface area contributed by atoms with E-state index in [4.69, 9.17) is 4.43 Å². The third kappa shape index (κ3) is 5.67. The zero-order valence-electron chi connectivity index (χ0n) is 18.9. The van der Waals surface area contributed by atoms with Crippen LogP contribution in [0, 0.1) is 11.8 Å². The molecule has 0 saturated heterocycles. The summed E-state index contributed by atoms with van der Waals surface area (Å²) in [6.07, 6.45) is 5.14. The molecule has 0 N–H and O–H groups in total. The molecule has 3 heteroatoms. The Morgan fingerprint density at radius 3 is 1.90 bits per heavy atom. The number of rotatable bonds is 11. The topological polar surface area (TPSA) is 26.3 Å². The first-order valence-electron chi connectivity index (χ1n) is 11.1. The lowest BCUT2D eigenvalue weighted by molar-refractivity contribution is -0.109. The Hall–Kier alpha value is -1.71. The Kier molecular flexibility index (Phi) is 8.85. The van der Waals surface area contributed by atoms with Crippen LogP contribution in [0.3, 0.4) is 0 Å². The van der Waals surface area contributed by atoms with Crippen molar-refractivity contribution in [3.8, 4) is 0 Å². The Balaban J connectivity index is 2.41. The van der Waals surface area contributed by atoms with Crippen LogP contribution in [0.4, 0.5) is 0 Å². The summed E-state index contributed by atoms with van der Waals surface area (Å²) in [5.74, 6) is 0.749. The van der Waals surface area contributed by atoms with Crippen LogP contribution in [0.15, 0.2) is 60.7 Å². The molecule has 2 aromatic rings. The minimum absolute atomic E-state index is 0.0149. The first-order chi connectivity index (χ1) is 13.9. The number of aldehydes is 1. The summed E-state index contributed by atoms with van der Waals surface area (Å²) in [5, 5.41) is 2.61. The highest BCUT2D eigenvalue weighted by molar-refractivity contribution is 6.99. The molecule has 2 aromatic carbocycles. The fraction of sp³-hybridized carbons (Fsp3) is 0.500. The van der Waals surface area contributed by atoms with Crippen molar-refractivity contribution < 1.29 is 9.22 Å². The molecule has 0 aromatic heterocycles. The highest BCUT2D eigenvalue weighted by Gasteiger charge is 2.50. The van der Waals surface area contributed by atoms with Gasteiger partial charge in [0.05, 0.1) is 0 Å². The number of unbranched alkanes of at least 4 members (excludes halogenated alkanes) is 1. The molecule has 2 atom stereocenters. The first-order valence-corrected chi connectivity index (χ1v) is 13.0. The summed E-state index contributed by atoms with van der Waals surface area (Å²) in [6, 6.07) is 21.6. The molecular weight excluding hydrogens is 372 g/mol. The Morgan fingerprint density at radius 1 is 0.966 bits per heavy atom. The maximum atomic E-state index is 11.3. The van der Waals surface area contributed by atoms with Crippen molar-refractivity contribution in [2.75, 3.05) is 6.61 Å². The van der Waals surface area contributed by atoms with Crippen LogP contribution in [0.25, 0.3) is 0 Å². The second-order valence-electron chi connectivity index (χ2n) is 9.26. The molecule has 0 saturated carbocycles. The van der Waals surface area contributed by atoms with Crippen LogP contribution in [0.5, 0.6) is 0 Å². The SMILES string of the molecule is CCCC[C@H](CC=O)[C@@H](C)CO[Si](c1ccccc1)(c1ccccc1)C(C)(C)C. The first kappa shape index (κ1) is 23.6. The van der Waals surface area contributed by atoms with Crippen molar-refractivity contribution in [3.63, 3.8) is 0 Å². The number of benzene rings is 2. The largest absolute Gasteiger partial charge is 0.407 e. The van der Waals surface area contributed by atoms with Crippen molar-refractivity contribution in [2.45, 2.75) is 65.3 Å². The van der Waals surface area contributed by atoms with Gasteiger partial charge in [0.1, 0.15) is 6.29 Å². The van der Waals surface area contributed by atoms with Crippen LogP contribution in [0.1, 0.15) is 60.3 Å². The molecule has 0 amide bonds. The Morgan fingerprint density at radius 2 is 1.48 bits per heavy atom. The quantitative estimate of drug-likeness (QED) is 0.356. The number of carbonyl (C=O) groups excluding carboxylic acids is 1. The molecular formula is C26H38O2Si. The van der Waals surface area contributed by atoms with Gasteiger partial charge in [-0.05, 0) is 33.7 Å². The van der Waals surface area contributed by atoms with Crippen LogP contribution in [-0.4, -0.2) is 21.2 Å². The molecule has 0 aliphatic rings. The summed E-state index contributed by atoms with van der Waals surface area (Å²) in [4.78, 5) is 11.3. The zero-order valence-corrected chi connectivity index (χ0v) is 19.9. The van der Waals surface area contributed by atoms with E-state index in [9.17, 15) is 4.79 Å². The van der Waals surface area contributed by atoms with Gasteiger partial charge in [-0.25, -0.2) is 0 Å². The van der Waals surface area contributed by atoms with Gasteiger partial charge >= 0.3 is 0 Å². The smallest absolute Gasteiger partial charge is 0.261 e. The molecule has 0 radical (unpaired) electrons. The van der Waals surface area contributed by atoms with E-state index in [1.807, 2.05) is 0 Å². The minimum Gasteiger partial charge on any atom is -0.407 e. The molecule has 2 rings (SSSR count). The molecule has 0 unspecified atom stereocenters. The van der Waals surface area contributed by atoms with E-state index in [-0.39, 0.29) is 5.04 Å². The molecule has 0 heterocycles. The highest BCUT2D eigenvalue weighted by Crippen LogP contribution is 2.37. The minimum atomic E-state index is -2.50. The Bertz CT molecular complexity index is 682. The fourth-order valence-electron chi connectivity index (χ4n) is 4.38. The molecule has 0 spiro atoms. The number of carbonyl (C=O) groups is 1. The lowest BCUT2D eigenvalue weighted by atomic mass is 9.87. The van der Waals surface area contributed by atoms with Crippen LogP contribution < -0.4 is 10.4 Å². The van der Waals surface area contributed by atoms with Crippen LogP contribution >= 0.6 is 0 Å². The fourth-order valence-corrected chi connectivity index (χ4v) is 9.05. The van der Waals surface area contributed by atoms with Gasteiger partial charge in [0, 0.05) is 13.0 Å². The highest BCUT2D eigenvalue weighted by atomic mass is 28.4. The average Bonchev–Trinajstić information content (AvgIpc) is 2.72. The summed E-state index contributed by atoms with van der Waals surface area (Å²) in [7, 11) is -2.50. The molecule has 0 aliphatic heterocycles. The van der Waals surface area contributed by atoms with E-state index in [1.165, 1.54) is 16.8 Å². The van der Waals surface area contributed by atoms with E-state index < -0.39 is 8.32 Å². The molecule has 29 heavy (non-hydrogen) atoms. The van der Waals surface area contributed by atoms with Crippen LogP contribution in [-0.2, 0) is 9.22 Å². The maximum Gasteiger partial charge on any atom is 0.261 e. The second-order valence-corrected chi connectivity index (χ2v) is 13.6. The van der Waals surface area contributed by atoms with Crippen molar-refractivity contribution in [1.29, 1.82) is 0 Å². The maximum absolute atomic E-state index is 11.3. The summed E-state index contributed by atoms with van der Waals surface area (Å²) < 4.78 is 7.06. The van der Waals surface area contributed by atoms with Crippen molar-refractivity contribution in [1.82, 2.24) is 0 Å². The molecule has 0 aliphatic carbocycles. The molecule has 0 fully saturated rings. The van der Waals surface area contributed by atoms with Gasteiger partial charge in [0.2, 0.25) is 0 Å². The lowest BCUT2D eigenvalue weighted by Crippen LogP contribution is -2.67. The third-order valence-electron chi connectivity index (χ3n) is 6.11. The summed E-state index contributed by atoms with van der Waals surface area (Å²) in [5.41, 5.74) is 0. The van der Waals surface area contributed by atoms with E-state index in [1.54, 1.807) is 0 Å². The summed E-state index contributed by atoms with van der Waals surface area (Å²) >= 11 is 0. The summed E-state index contributed by atoms with van der Waals surface area (Å²) in [6.45, 7) is 12.1. The van der Waals surface area contributed by atoms with Gasteiger partial charge in [-0.15, -0.1) is 0 Å². The van der Waals surface area contributed by atoms with Crippen molar-refractivity contribution in [2.24, 2.45) is 11.8 Å². The van der Waals surface area contributed by atoms with E-state index in [0.29, 0.717) is 24.9 Å². The predicted molar refractivity (Wildman–Crippen MR) is 126 cm³/mol.